The summed E-state index contributed by atoms with van der Waals surface area (Å²) in [5.41, 5.74) is 1.36. The third-order valence-electron chi connectivity index (χ3n) is 6.37. The van der Waals surface area contributed by atoms with E-state index in [1.54, 1.807) is 0 Å². The van der Waals surface area contributed by atoms with Crippen LogP contribution >= 0.6 is 0 Å². The molecule has 0 bridgehead atoms. The van der Waals surface area contributed by atoms with Crippen LogP contribution in [0.2, 0.25) is 0 Å². The first kappa shape index (κ1) is 17.6. The summed E-state index contributed by atoms with van der Waals surface area (Å²) < 4.78 is 0. The first-order chi connectivity index (χ1) is 12.7. The molecule has 1 aromatic heterocycles. The number of piperidine rings is 1. The normalized spacial score (nSPS) is 24.9. The van der Waals surface area contributed by atoms with E-state index >= 15 is 0 Å². The Hall–Kier alpha value is -1.85. The van der Waals surface area contributed by atoms with E-state index in [0.29, 0.717) is 11.6 Å². The second kappa shape index (κ2) is 7.80. The molecule has 1 atom stereocenters. The molecule has 2 heterocycles. The van der Waals surface area contributed by atoms with E-state index in [-0.39, 0.29) is 23.9 Å². The maximum absolute atomic E-state index is 13.0. The minimum Gasteiger partial charge on any atom is -0.348 e. The predicted molar refractivity (Wildman–Crippen MR) is 98.6 cm³/mol. The number of aromatic nitrogens is 2. The molecule has 2 amide bonds. The summed E-state index contributed by atoms with van der Waals surface area (Å²) in [4.78, 5) is 27.5. The molecule has 26 heavy (non-hydrogen) atoms. The number of nitrogens with one attached hydrogen (secondary N) is 2. The van der Waals surface area contributed by atoms with Gasteiger partial charge in [0.05, 0.1) is 11.7 Å². The first-order valence-corrected chi connectivity index (χ1v) is 10.4. The van der Waals surface area contributed by atoms with Gasteiger partial charge >= 0.3 is 0 Å². The number of amides is 2. The fourth-order valence-corrected chi connectivity index (χ4v) is 4.88. The Morgan fingerprint density at radius 2 is 1.69 bits per heavy atom. The van der Waals surface area contributed by atoms with E-state index in [1.165, 1.54) is 25.7 Å². The number of carbonyl (C=O) groups is 2. The number of nitrogens with zero attached hydrogens (tertiary/aromatic N) is 2. The molecule has 6 nitrogen and oxygen atoms in total. The number of hydrogen-bond acceptors (Lipinski definition) is 3. The lowest BCUT2D eigenvalue weighted by atomic mass is 9.96. The highest BCUT2D eigenvalue weighted by atomic mass is 16.2. The van der Waals surface area contributed by atoms with Crippen LogP contribution in [-0.4, -0.2) is 39.5 Å². The summed E-state index contributed by atoms with van der Waals surface area (Å²) in [5, 5.41) is 10.4. The largest absolute Gasteiger partial charge is 0.348 e. The molecule has 1 saturated heterocycles. The molecule has 2 saturated carbocycles. The quantitative estimate of drug-likeness (QED) is 0.866. The Morgan fingerprint density at radius 3 is 2.46 bits per heavy atom. The van der Waals surface area contributed by atoms with E-state index in [0.717, 1.165) is 57.2 Å². The Bertz CT molecular complexity index is 644. The lowest BCUT2D eigenvalue weighted by molar-refractivity contribution is -0.139. The van der Waals surface area contributed by atoms with Crippen molar-refractivity contribution in [3.63, 3.8) is 0 Å². The molecule has 142 valence electrons. The van der Waals surface area contributed by atoms with Gasteiger partial charge in [-0.25, -0.2) is 0 Å². The molecule has 0 aromatic carbocycles. The maximum atomic E-state index is 13.0. The maximum Gasteiger partial charge on any atom is 0.271 e. The average Bonchev–Trinajstić information content (AvgIpc) is 3.42. The van der Waals surface area contributed by atoms with Crippen molar-refractivity contribution in [1.29, 1.82) is 0 Å². The summed E-state index contributed by atoms with van der Waals surface area (Å²) in [6.07, 6.45) is 12.0. The topological polar surface area (TPSA) is 78.1 Å². The molecular formula is C20H30N4O2. The molecule has 2 N–H and O–H groups in total. The summed E-state index contributed by atoms with van der Waals surface area (Å²) in [6, 6.07) is 2.19. The molecule has 6 heteroatoms. The van der Waals surface area contributed by atoms with Gasteiger partial charge in [-0.1, -0.05) is 25.7 Å². The average molecular weight is 358 g/mol. The van der Waals surface area contributed by atoms with Gasteiger partial charge in [0, 0.05) is 18.5 Å². The van der Waals surface area contributed by atoms with Gasteiger partial charge in [-0.05, 0) is 51.0 Å². The second-order valence-electron chi connectivity index (χ2n) is 8.19. The van der Waals surface area contributed by atoms with Crippen molar-refractivity contribution in [2.45, 2.75) is 82.7 Å². The zero-order valence-electron chi connectivity index (χ0n) is 15.5. The molecule has 0 unspecified atom stereocenters. The summed E-state index contributed by atoms with van der Waals surface area (Å²) in [6.45, 7) is 0.822. The standard InChI is InChI=1S/C20H30N4O2/c25-19(21-15-9-3-4-10-15)17-13-16(22-23-17)18-11-5-6-12-24(18)20(26)14-7-1-2-8-14/h13-15,18H,1-12H2,(H,21,25)(H,22,23)/t18-/m0/s1. The predicted octanol–water partition coefficient (Wildman–Crippen LogP) is 3.33. The van der Waals surface area contributed by atoms with Crippen molar-refractivity contribution in [2.24, 2.45) is 5.92 Å². The lowest BCUT2D eigenvalue weighted by Gasteiger charge is -2.36. The molecule has 1 aromatic rings. The van der Waals surface area contributed by atoms with Gasteiger partial charge in [0.1, 0.15) is 5.69 Å². The zero-order valence-corrected chi connectivity index (χ0v) is 15.5. The lowest BCUT2D eigenvalue weighted by Crippen LogP contribution is -2.41. The number of carbonyl (C=O) groups excluding carboxylic acids is 2. The van der Waals surface area contributed by atoms with Crippen molar-refractivity contribution in [3.05, 3.63) is 17.5 Å². The Balaban J connectivity index is 1.45. The highest BCUT2D eigenvalue weighted by Crippen LogP contribution is 2.35. The van der Waals surface area contributed by atoms with Crippen LogP contribution in [0, 0.1) is 5.92 Å². The minimum atomic E-state index is -0.0936. The van der Waals surface area contributed by atoms with Crippen LogP contribution in [0.4, 0.5) is 0 Å². The van der Waals surface area contributed by atoms with Crippen molar-refractivity contribution >= 4 is 11.8 Å². The number of H-pyrrole nitrogens is 1. The van der Waals surface area contributed by atoms with E-state index < -0.39 is 0 Å². The molecule has 1 aliphatic heterocycles. The van der Waals surface area contributed by atoms with Crippen molar-refractivity contribution in [1.82, 2.24) is 20.4 Å². The highest BCUT2D eigenvalue weighted by molar-refractivity contribution is 5.92. The van der Waals surface area contributed by atoms with Crippen LogP contribution in [0.15, 0.2) is 6.07 Å². The van der Waals surface area contributed by atoms with E-state index in [9.17, 15) is 9.59 Å². The number of hydrogen-bond donors (Lipinski definition) is 2. The van der Waals surface area contributed by atoms with Gasteiger partial charge in [0.2, 0.25) is 5.91 Å². The number of aromatic amines is 1. The van der Waals surface area contributed by atoms with Crippen LogP contribution in [0.1, 0.15) is 92.9 Å². The third-order valence-corrected chi connectivity index (χ3v) is 6.37. The monoisotopic (exact) mass is 358 g/mol. The second-order valence-corrected chi connectivity index (χ2v) is 8.19. The van der Waals surface area contributed by atoms with E-state index in [2.05, 4.69) is 15.5 Å². The van der Waals surface area contributed by atoms with Gasteiger partial charge in [-0.3, -0.25) is 14.7 Å². The van der Waals surface area contributed by atoms with Crippen LogP contribution in [0.25, 0.3) is 0 Å². The highest BCUT2D eigenvalue weighted by Gasteiger charge is 2.34. The molecule has 3 aliphatic rings. The van der Waals surface area contributed by atoms with Gasteiger partial charge in [0.25, 0.3) is 5.91 Å². The van der Waals surface area contributed by atoms with Gasteiger partial charge in [0.15, 0.2) is 0 Å². The number of likely N-dealkylation sites (tertiary alicyclic amines) is 1. The Labute approximate surface area is 155 Å². The van der Waals surface area contributed by atoms with Crippen molar-refractivity contribution in [2.75, 3.05) is 6.54 Å². The van der Waals surface area contributed by atoms with Crippen LogP contribution in [-0.2, 0) is 4.79 Å². The molecule has 2 aliphatic carbocycles. The molecule has 0 radical (unpaired) electrons. The van der Waals surface area contributed by atoms with Gasteiger partial charge in [-0.15, -0.1) is 0 Å². The molecule has 3 fully saturated rings. The molecule has 0 spiro atoms. The minimum absolute atomic E-state index is 0.0392. The van der Waals surface area contributed by atoms with E-state index in [4.69, 9.17) is 0 Å². The Morgan fingerprint density at radius 1 is 1.00 bits per heavy atom. The van der Waals surface area contributed by atoms with Crippen molar-refractivity contribution < 1.29 is 9.59 Å². The molecule has 4 rings (SSSR count). The smallest absolute Gasteiger partial charge is 0.271 e. The van der Waals surface area contributed by atoms with Gasteiger partial charge in [-0.2, -0.15) is 5.10 Å². The third kappa shape index (κ3) is 3.64. The zero-order chi connectivity index (χ0) is 17.9. The van der Waals surface area contributed by atoms with Gasteiger partial charge < -0.3 is 10.2 Å². The van der Waals surface area contributed by atoms with Crippen LogP contribution in [0.5, 0.6) is 0 Å². The van der Waals surface area contributed by atoms with Crippen LogP contribution < -0.4 is 5.32 Å². The summed E-state index contributed by atoms with van der Waals surface area (Å²) >= 11 is 0. The van der Waals surface area contributed by atoms with E-state index in [1.807, 2.05) is 11.0 Å². The van der Waals surface area contributed by atoms with Crippen LogP contribution in [0.3, 0.4) is 0 Å². The summed E-state index contributed by atoms with van der Waals surface area (Å²) in [7, 11) is 0. The SMILES string of the molecule is O=C(NC1CCCC1)c1cc([C@@H]2CCCCN2C(=O)C2CCCC2)[nH]n1. The van der Waals surface area contributed by atoms with Crippen molar-refractivity contribution in [3.8, 4) is 0 Å². The fraction of sp³-hybridized carbons (Fsp3) is 0.750. The molecular weight excluding hydrogens is 328 g/mol. The first-order valence-electron chi connectivity index (χ1n) is 10.4. The number of rotatable bonds is 4. The summed E-state index contributed by atoms with van der Waals surface area (Å²) in [5.74, 6) is 0.409. The fourth-order valence-electron chi connectivity index (χ4n) is 4.88. The Kier molecular flexibility index (Phi) is 5.27.